The molecule has 0 saturated carbocycles. The van der Waals surface area contributed by atoms with E-state index in [4.69, 9.17) is 36.0 Å². The molecule has 13 heavy (non-hydrogen) atoms. The van der Waals surface area contributed by atoms with Crippen molar-refractivity contribution in [3.8, 4) is 0 Å². The molecule has 64 valence electrons. The van der Waals surface area contributed by atoms with E-state index in [1.807, 2.05) is 0 Å². The standard InChI is InChI=1S/C3H7ClO.3Na.H3O4P/c1-3(5)2-4;;;;1-5(2,3)4/h3,5H,2H2,1H3;;;;(H3,1,2,3,4)/q;3*+1;/p-3. The van der Waals surface area contributed by atoms with Crippen LogP contribution in [-0.2, 0) is 4.57 Å². The maximum Gasteiger partial charge on any atom is 1.00 e. The van der Waals surface area contributed by atoms with Gasteiger partial charge in [0, 0.05) is 5.88 Å². The van der Waals surface area contributed by atoms with Crippen LogP contribution in [-0.4, -0.2) is 17.1 Å². The molecule has 0 heterocycles. The van der Waals surface area contributed by atoms with Gasteiger partial charge in [-0.1, -0.05) is 0 Å². The van der Waals surface area contributed by atoms with Gasteiger partial charge in [-0.3, -0.25) is 0 Å². The van der Waals surface area contributed by atoms with Crippen LogP contribution in [0.25, 0.3) is 0 Å². The number of aliphatic hydroxyl groups is 1. The zero-order chi connectivity index (χ0) is 8.78. The number of hydrogen-bond acceptors (Lipinski definition) is 5. The van der Waals surface area contributed by atoms with Crippen LogP contribution >= 0.6 is 19.4 Å². The molecule has 10 heteroatoms. The number of halogens is 1. The molecule has 0 amide bonds. The van der Waals surface area contributed by atoms with E-state index >= 15 is 0 Å². The Bertz CT molecular complexity index is 111. The summed E-state index contributed by atoms with van der Waals surface area (Å²) in [4.78, 5) is 25.6. The molecule has 0 bridgehead atoms. The average Bonchev–Trinajstić information content (AvgIpc) is 1.61. The van der Waals surface area contributed by atoms with E-state index in [0.717, 1.165) is 0 Å². The van der Waals surface area contributed by atoms with Gasteiger partial charge in [0.1, 0.15) is 0 Å². The molecule has 0 radical (unpaired) electrons. The molecule has 0 aromatic rings. The number of phosphoric acid groups is 1. The van der Waals surface area contributed by atoms with E-state index < -0.39 is 7.82 Å². The SMILES string of the molecule is CC(O)CCl.O=P([O-])([O-])[O-].[Na+].[Na+].[Na+]. The molecule has 0 aromatic carbocycles. The quantitative estimate of drug-likeness (QED) is 0.285. The summed E-state index contributed by atoms with van der Waals surface area (Å²) in [6.45, 7) is 1.65. The molecular weight excluding hydrogens is 251 g/mol. The Hall–Kier alpha value is 3.36. The van der Waals surface area contributed by atoms with Crippen LogP contribution in [0.2, 0.25) is 0 Å². The van der Waals surface area contributed by atoms with Crippen LogP contribution in [0.5, 0.6) is 0 Å². The smallest absolute Gasteiger partial charge is 0.822 e. The molecule has 0 aromatic heterocycles. The summed E-state index contributed by atoms with van der Waals surface area (Å²) in [5, 5.41) is 8.23. The Morgan fingerprint density at radius 2 is 1.38 bits per heavy atom. The molecule has 0 spiro atoms. The van der Waals surface area contributed by atoms with Crippen LogP contribution in [0.3, 0.4) is 0 Å². The van der Waals surface area contributed by atoms with E-state index in [-0.39, 0.29) is 94.8 Å². The second-order valence-electron chi connectivity index (χ2n) is 1.45. The van der Waals surface area contributed by atoms with Gasteiger partial charge >= 0.3 is 88.7 Å². The Morgan fingerprint density at radius 3 is 1.38 bits per heavy atom. The maximum absolute atomic E-state index is 8.55. The third-order valence-corrected chi connectivity index (χ3v) is 0.670. The van der Waals surface area contributed by atoms with Crippen molar-refractivity contribution >= 4 is 19.4 Å². The third kappa shape index (κ3) is 95.4. The van der Waals surface area contributed by atoms with Crippen LogP contribution in [0, 0.1) is 0 Å². The zero-order valence-corrected chi connectivity index (χ0v) is 15.8. The molecule has 0 saturated heterocycles. The maximum atomic E-state index is 8.55. The molecule has 5 nitrogen and oxygen atoms in total. The van der Waals surface area contributed by atoms with Crippen molar-refractivity contribution in [2.24, 2.45) is 0 Å². The number of alkyl halides is 1. The number of aliphatic hydroxyl groups excluding tert-OH is 1. The summed E-state index contributed by atoms with van der Waals surface area (Å²) in [6, 6.07) is 0. The van der Waals surface area contributed by atoms with Gasteiger partial charge in [0.15, 0.2) is 0 Å². The fourth-order valence-corrected chi connectivity index (χ4v) is 0. The van der Waals surface area contributed by atoms with Crippen molar-refractivity contribution in [3.63, 3.8) is 0 Å². The zero-order valence-electron chi connectivity index (χ0n) is 8.19. The van der Waals surface area contributed by atoms with Crippen molar-refractivity contribution in [3.05, 3.63) is 0 Å². The van der Waals surface area contributed by atoms with Gasteiger partial charge in [0.2, 0.25) is 0 Å². The van der Waals surface area contributed by atoms with Gasteiger partial charge in [-0.2, -0.15) is 7.82 Å². The minimum absolute atomic E-state index is 0. The molecule has 0 aliphatic carbocycles. The van der Waals surface area contributed by atoms with Crippen molar-refractivity contribution in [2.75, 3.05) is 5.88 Å². The predicted molar refractivity (Wildman–Crippen MR) is 30.0 cm³/mol. The molecular formula is C3H7ClNa3O5P. The van der Waals surface area contributed by atoms with Crippen LogP contribution in [0.1, 0.15) is 6.92 Å². The molecule has 0 fully saturated rings. The fraction of sp³-hybridized carbons (Fsp3) is 1.00. The van der Waals surface area contributed by atoms with Crippen molar-refractivity contribution in [2.45, 2.75) is 13.0 Å². The van der Waals surface area contributed by atoms with E-state index in [2.05, 4.69) is 0 Å². The first kappa shape index (κ1) is 29.9. The van der Waals surface area contributed by atoms with Crippen molar-refractivity contribution in [1.29, 1.82) is 0 Å². The molecule has 1 atom stereocenters. The minimum atomic E-state index is -5.39. The summed E-state index contributed by atoms with van der Waals surface area (Å²) in [7, 11) is -5.39. The van der Waals surface area contributed by atoms with Gasteiger partial charge in [-0.25, -0.2) is 0 Å². The summed E-state index contributed by atoms with van der Waals surface area (Å²) < 4.78 is 8.55. The summed E-state index contributed by atoms with van der Waals surface area (Å²) >= 11 is 5.09. The summed E-state index contributed by atoms with van der Waals surface area (Å²) in [5.41, 5.74) is 0. The van der Waals surface area contributed by atoms with Crippen LogP contribution in [0.4, 0.5) is 0 Å². The molecule has 1 N–H and O–H groups in total. The molecule has 1 unspecified atom stereocenters. The first-order valence-corrected chi connectivity index (χ1v) is 4.24. The summed E-state index contributed by atoms with van der Waals surface area (Å²) in [6.07, 6.45) is -0.350. The van der Waals surface area contributed by atoms with Gasteiger partial charge < -0.3 is 24.4 Å². The predicted octanol–water partition coefficient (Wildman–Crippen LogP) is -11.2. The normalized spacial score (nSPS) is 10.3. The van der Waals surface area contributed by atoms with Crippen LogP contribution < -0.4 is 103 Å². The van der Waals surface area contributed by atoms with Crippen molar-refractivity contribution < 1.29 is 113 Å². The van der Waals surface area contributed by atoms with E-state index in [1.54, 1.807) is 6.92 Å². The number of rotatable bonds is 1. The Morgan fingerprint density at radius 1 is 1.31 bits per heavy atom. The van der Waals surface area contributed by atoms with E-state index in [1.165, 1.54) is 0 Å². The molecule has 0 rings (SSSR count). The van der Waals surface area contributed by atoms with Crippen LogP contribution in [0.15, 0.2) is 0 Å². The number of hydrogen-bond donors (Lipinski definition) is 1. The first-order valence-electron chi connectivity index (χ1n) is 2.24. The van der Waals surface area contributed by atoms with Gasteiger partial charge in [0.05, 0.1) is 6.10 Å². The van der Waals surface area contributed by atoms with Gasteiger partial charge in [-0.05, 0) is 6.92 Å². The minimum Gasteiger partial charge on any atom is -0.822 e. The van der Waals surface area contributed by atoms with E-state index in [9.17, 15) is 0 Å². The average molecular weight is 258 g/mol. The Kier molecular flexibility index (Phi) is 40.8. The van der Waals surface area contributed by atoms with Crippen molar-refractivity contribution in [1.82, 2.24) is 0 Å². The van der Waals surface area contributed by atoms with Gasteiger partial charge in [0.25, 0.3) is 0 Å². The first-order chi connectivity index (χ1) is 4.27. The largest absolute Gasteiger partial charge is 1.00 e. The topological polar surface area (TPSA) is 106 Å². The third-order valence-electron chi connectivity index (χ3n) is 0.223. The van der Waals surface area contributed by atoms with Gasteiger partial charge in [-0.15, -0.1) is 11.6 Å². The molecule has 0 aliphatic rings. The molecule has 0 aliphatic heterocycles. The second-order valence-corrected chi connectivity index (χ2v) is 2.65. The Labute approximate surface area is 149 Å². The second kappa shape index (κ2) is 17.7. The summed E-state index contributed by atoms with van der Waals surface area (Å²) in [5.74, 6) is 0.333. The Balaban J connectivity index is -0.0000000267. The monoisotopic (exact) mass is 258 g/mol. The fourth-order valence-electron chi connectivity index (χ4n) is 0. The van der Waals surface area contributed by atoms with E-state index in [0.29, 0.717) is 5.88 Å².